The van der Waals surface area contributed by atoms with Crippen molar-refractivity contribution in [2.45, 2.75) is 6.61 Å². The van der Waals surface area contributed by atoms with E-state index in [-0.39, 0.29) is 23.7 Å². The van der Waals surface area contributed by atoms with Gasteiger partial charge in [-0.05, 0) is 30.3 Å². The average molecular weight is 411 g/mol. The molecule has 0 atom stereocenters. The lowest BCUT2D eigenvalue weighted by Gasteiger charge is -2.07. The third kappa shape index (κ3) is 4.63. The maximum Gasteiger partial charge on any atom is 0.325 e. The number of benzene rings is 1. The average Bonchev–Trinajstić information content (AvgIpc) is 3.29. The van der Waals surface area contributed by atoms with Crippen LogP contribution in [0.25, 0.3) is 10.8 Å². The van der Waals surface area contributed by atoms with Crippen LogP contribution < -0.4 is 5.32 Å². The monoisotopic (exact) mass is 410 g/mol. The second-order valence-corrected chi connectivity index (χ2v) is 6.79. The van der Waals surface area contributed by atoms with Gasteiger partial charge in [-0.15, -0.1) is 11.3 Å². The predicted molar refractivity (Wildman–Crippen MR) is 98.4 cm³/mol. The van der Waals surface area contributed by atoms with E-state index in [1.54, 1.807) is 29.8 Å². The Morgan fingerprint density at radius 3 is 2.85 bits per heavy atom. The van der Waals surface area contributed by atoms with Gasteiger partial charge in [0.2, 0.25) is 0 Å². The van der Waals surface area contributed by atoms with Gasteiger partial charge in [-0.25, -0.2) is 4.98 Å². The number of nitrogens with zero attached hydrogens (tertiary/aromatic N) is 1. The van der Waals surface area contributed by atoms with E-state index in [2.05, 4.69) is 10.3 Å². The Hall–Kier alpha value is -2.35. The highest BCUT2D eigenvalue weighted by Crippen LogP contribution is 2.24. The van der Waals surface area contributed by atoms with Crippen molar-refractivity contribution < 1.29 is 18.7 Å². The van der Waals surface area contributed by atoms with Crippen LogP contribution in [0.4, 0.5) is 0 Å². The van der Waals surface area contributed by atoms with Crippen molar-refractivity contribution in [3.8, 4) is 10.8 Å². The number of amides is 1. The van der Waals surface area contributed by atoms with E-state index in [4.69, 9.17) is 32.4 Å². The molecule has 26 heavy (non-hydrogen) atoms. The maximum atomic E-state index is 12.0. The Balaban J connectivity index is 1.48. The van der Waals surface area contributed by atoms with Crippen LogP contribution >= 0.6 is 34.5 Å². The Morgan fingerprint density at radius 1 is 1.27 bits per heavy atom. The molecular formula is C17H12Cl2N2O4S. The molecule has 0 aliphatic carbocycles. The van der Waals surface area contributed by atoms with Crippen molar-refractivity contribution in [2.75, 3.05) is 6.54 Å². The lowest BCUT2D eigenvalue weighted by molar-refractivity contribution is -0.143. The number of nitrogens with one attached hydrogen (secondary N) is 1. The summed E-state index contributed by atoms with van der Waals surface area (Å²) in [6.45, 7) is -0.277. The highest BCUT2D eigenvalue weighted by atomic mass is 35.5. The van der Waals surface area contributed by atoms with Crippen molar-refractivity contribution in [3.63, 3.8) is 0 Å². The topological polar surface area (TPSA) is 81.4 Å². The van der Waals surface area contributed by atoms with Crippen LogP contribution in [0, 0.1) is 0 Å². The zero-order valence-electron chi connectivity index (χ0n) is 13.2. The molecule has 0 saturated heterocycles. The van der Waals surface area contributed by atoms with Crippen LogP contribution in [0.3, 0.4) is 0 Å². The van der Waals surface area contributed by atoms with Gasteiger partial charge in [0.05, 0.1) is 22.5 Å². The van der Waals surface area contributed by atoms with Crippen molar-refractivity contribution >= 4 is 46.4 Å². The molecular weight excluding hydrogens is 399 g/mol. The second-order valence-electron chi connectivity index (χ2n) is 5.09. The van der Waals surface area contributed by atoms with Crippen LogP contribution in [0.15, 0.2) is 46.4 Å². The summed E-state index contributed by atoms with van der Waals surface area (Å²) in [6.07, 6.45) is 1.56. The molecule has 3 aromatic rings. The van der Waals surface area contributed by atoms with Gasteiger partial charge in [-0.2, -0.15) is 0 Å². The number of carbonyl (C=O) groups is 2. The fourth-order valence-corrected chi connectivity index (χ4v) is 3.28. The van der Waals surface area contributed by atoms with Crippen molar-refractivity contribution in [1.82, 2.24) is 10.3 Å². The van der Waals surface area contributed by atoms with Gasteiger partial charge in [0.25, 0.3) is 5.91 Å². The minimum Gasteiger partial charge on any atom is -0.462 e. The molecule has 6 nitrogen and oxygen atoms in total. The van der Waals surface area contributed by atoms with Crippen molar-refractivity contribution in [1.29, 1.82) is 0 Å². The minimum atomic E-state index is -0.587. The fourth-order valence-electron chi connectivity index (χ4n) is 2.01. The van der Waals surface area contributed by atoms with Crippen molar-refractivity contribution in [2.24, 2.45) is 0 Å². The van der Waals surface area contributed by atoms with E-state index in [1.807, 2.05) is 0 Å². The molecule has 0 spiro atoms. The molecule has 2 heterocycles. The first kappa shape index (κ1) is 18.4. The molecule has 134 valence electrons. The number of rotatable bonds is 6. The summed E-state index contributed by atoms with van der Waals surface area (Å²) in [5, 5.41) is 5.55. The number of ether oxygens (including phenoxy) is 1. The van der Waals surface area contributed by atoms with Gasteiger partial charge in [-0.3, -0.25) is 9.59 Å². The first-order chi connectivity index (χ1) is 12.5. The summed E-state index contributed by atoms with van der Waals surface area (Å²) in [4.78, 5) is 28.1. The lowest BCUT2D eigenvalue weighted by Crippen LogP contribution is -2.30. The van der Waals surface area contributed by atoms with E-state index in [0.29, 0.717) is 21.5 Å². The van der Waals surface area contributed by atoms with Crippen molar-refractivity contribution in [3.05, 3.63) is 63.3 Å². The van der Waals surface area contributed by atoms with Gasteiger partial charge in [0.15, 0.2) is 10.8 Å². The molecule has 0 aliphatic heterocycles. The number of aromatic nitrogens is 1. The Morgan fingerprint density at radius 2 is 2.12 bits per heavy atom. The minimum absolute atomic E-state index is 0.00755. The molecule has 2 aromatic heterocycles. The zero-order chi connectivity index (χ0) is 18.5. The smallest absolute Gasteiger partial charge is 0.325 e. The number of thiazole rings is 1. The summed E-state index contributed by atoms with van der Waals surface area (Å²) < 4.78 is 10.4. The fraction of sp³-hybridized carbons (Fsp3) is 0.118. The first-order valence-corrected chi connectivity index (χ1v) is 9.03. The van der Waals surface area contributed by atoms with Gasteiger partial charge in [0.1, 0.15) is 13.2 Å². The molecule has 0 fully saturated rings. The largest absolute Gasteiger partial charge is 0.462 e. The summed E-state index contributed by atoms with van der Waals surface area (Å²) in [6, 6.07) is 8.05. The van der Waals surface area contributed by atoms with E-state index in [9.17, 15) is 9.59 Å². The number of halogens is 2. The highest BCUT2D eigenvalue weighted by molar-refractivity contribution is 7.13. The molecule has 0 bridgehead atoms. The maximum absolute atomic E-state index is 12.0. The van der Waals surface area contributed by atoms with E-state index in [0.717, 1.165) is 0 Å². The van der Waals surface area contributed by atoms with Gasteiger partial charge < -0.3 is 14.5 Å². The quantitative estimate of drug-likeness (QED) is 0.616. The third-order valence-corrected chi connectivity index (χ3v) is 4.69. The molecule has 1 aromatic carbocycles. The predicted octanol–water partition coefficient (Wildman–Crippen LogP) is 4.18. The Bertz CT molecular complexity index is 925. The molecule has 1 amide bonds. The van der Waals surface area contributed by atoms with Crippen LogP contribution in [0.1, 0.15) is 16.1 Å². The highest BCUT2D eigenvalue weighted by Gasteiger charge is 2.13. The molecule has 1 N–H and O–H groups in total. The van der Waals surface area contributed by atoms with E-state index in [1.165, 1.54) is 23.5 Å². The summed E-state index contributed by atoms with van der Waals surface area (Å²) in [5.41, 5.74) is 0.827. The molecule has 0 unspecified atom stereocenters. The number of carbonyl (C=O) groups excluding carboxylic acids is 2. The van der Waals surface area contributed by atoms with E-state index < -0.39 is 11.9 Å². The Kier molecular flexibility index (Phi) is 5.92. The van der Waals surface area contributed by atoms with Crippen LogP contribution in [0.5, 0.6) is 0 Å². The van der Waals surface area contributed by atoms with Crippen LogP contribution in [-0.4, -0.2) is 23.4 Å². The van der Waals surface area contributed by atoms with Crippen LogP contribution in [0.2, 0.25) is 10.0 Å². The number of hydrogen-bond donors (Lipinski definition) is 1. The summed E-state index contributed by atoms with van der Waals surface area (Å²) in [5.74, 6) is -0.423. The van der Waals surface area contributed by atoms with Gasteiger partial charge >= 0.3 is 5.97 Å². The summed E-state index contributed by atoms with van der Waals surface area (Å²) in [7, 11) is 0. The second kappa shape index (κ2) is 8.35. The SMILES string of the molecule is O=C(CNC(=O)c1ccc(Cl)cc1Cl)OCc1csc(-c2ccco2)n1. The number of furan rings is 1. The molecule has 0 radical (unpaired) electrons. The first-order valence-electron chi connectivity index (χ1n) is 7.40. The van der Waals surface area contributed by atoms with Gasteiger partial charge in [-0.1, -0.05) is 23.2 Å². The third-order valence-electron chi connectivity index (χ3n) is 3.23. The Labute approximate surface area is 162 Å². The zero-order valence-corrected chi connectivity index (χ0v) is 15.5. The molecule has 0 saturated carbocycles. The molecule has 9 heteroatoms. The van der Waals surface area contributed by atoms with Gasteiger partial charge in [0, 0.05) is 10.4 Å². The normalized spacial score (nSPS) is 10.5. The molecule has 3 rings (SSSR count). The number of hydrogen-bond acceptors (Lipinski definition) is 6. The molecule has 0 aliphatic rings. The standard InChI is InChI=1S/C17H12Cl2N2O4S/c18-10-3-4-12(13(19)6-10)16(23)20-7-15(22)25-8-11-9-26-17(21-11)14-2-1-5-24-14/h1-6,9H,7-8H2,(H,20,23). The summed E-state index contributed by atoms with van der Waals surface area (Å²) >= 11 is 13.1. The number of esters is 1. The van der Waals surface area contributed by atoms with E-state index >= 15 is 0 Å². The lowest BCUT2D eigenvalue weighted by atomic mass is 10.2. The van der Waals surface area contributed by atoms with Crippen LogP contribution in [-0.2, 0) is 16.1 Å².